The number of esters is 1. The second kappa shape index (κ2) is 10.4. The highest BCUT2D eigenvalue weighted by Gasteiger charge is 2.43. The second-order valence-electron chi connectivity index (χ2n) is 9.19. The van der Waals surface area contributed by atoms with Gasteiger partial charge in [-0.05, 0) is 63.2 Å². The molecule has 4 heteroatoms. The first-order valence-electron chi connectivity index (χ1n) is 11.9. The maximum atomic E-state index is 13.0. The molecule has 0 N–H and O–H groups in total. The largest absolute Gasteiger partial charge is 0.466 e. The van der Waals surface area contributed by atoms with Gasteiger partial charge in [-0.1, -0.05) is 60.7 Å². The molecule has 2 aromatic rings. The minimum absolute atomic E-state index is 0.0164. The van der Waals surface area contributed by atoms with Gasteiger partial charge in [0.15, 0.2) is 0 Å². The molecule has 0 bridgehead atoms. The first-order chi connectivity index (χ1) is 15.2. The van der Waals surface area contributed by atoms with Crippen LogP contribution in [0.15, 0.2) is 60.7 Å². The Kier molecular flexibility index (Phi) is 7.41. The summed E-state index contributed by atoms with van der Waals surface area (Å²) in [6.07, 6.45) is 4.87. The summed E-state index contributed by atoms with van der Waals surface area (Å²) in [6.45, 7) is 7.70. The van der Waals surface area contributed by atoms with Crippen molar-refractivity contribution in [3.8, 4) is 0 Å². The van der Waals surface area contributed by atoms with Crippen molar-refractivity contribution in [2.75, 3.05) is 32.8 Å². The van der Waals surface area contributed by atoms with E-state index in [0.29, 0.717) is 12.6 Å². The molecule has 2 fully saturated rings. The number of likely N-dealkylation sites (tertiary alicyclic amines) is 2. The summed E-state index contributed by atoms with van der Waals surface area (Å²) >= 11 is 0. The van der Waals surface area contributed by atoms with Crippen LogP contribution >= 0.6 is 0 Å². The van der Waals surface area contributed by atoms with E-state index in [1.807, 2.05) is 13.0 Å². The van der Waals surface area contributed by atoms with Gasteiger partial charge >= 0.3 is 5.97 Å². The van der Waals surface area contributed by atoms with Gasteiger partial charge in [0, 0.05) is 25.7 Å². The first-order valence-corrected chi connectivity index (χ1v) is 11.9. The van der Waals surface area contributed by atoms with Crippen molar-refractivity contribution in [2.24, 2.45) is 5.41 Å². The topological polar surface area (TPSA) is 32.8 Å². The number of benzene rings is 2. The van der Waals surface area contributed by atoms with Crippen LogP contribution in [0.1, 0.15) is 43.7 Å². The molecule has 0 unspecified atom stereocenters. The van der Waals surface area contributed by atoms with Crippen LogP contribution in [0.5, 0.6) is 0 Å². The van der Waals surface area contributed by atoms with Crippen LogP contribution in [0, 0.1) is 5.41 Å². The zero-order valence-corrected chi connectivity index (χ0v) is 18.8. The fourth-order valence-corrected chi connectivity index (χ4v) is 5.28. The number of piperidine rings is 1. The van der Waals surface area contributed by atoms with Crippen molar-refractivity contribution in [3.63, 3.8) is 0 Å². The molecule has 4 nitrogen and oxygen atoms in total. The van der Waals surface area contributed by atoms with Gasteiger partial charge in [-0.3, -0.25) is 14.6 Å². The van der Waals surface area contributed by atoms with Crippen LogP contribution in [-0.2, 0) is 22.5 Å². The van der Waals surface area contributed by atoms with Crippen molar-refractivity contribution < 1.29 is 9.53 Å². The van der Waals surface area contributed by atoms with E-state index in [9.17, 15) is 4.79 Å². The number of rotatable bonds is 8. The molecule has 0 saturated carbocycles. The molecule has 2 aromatic carbocycles. The highest BCUT2D eigenvalue weighted by molar-refractivity contribution is 5.77. The lowest BCUT2D eigenvalue weighted by atomic mass is 9.74. The van der Waals surface area contributed by atoms with E-state index in [0.717, 1.165) is 58.4 Å². The molecular weight excluding hydrogens is 384 g/mol. The zero-order chi connectivity index (χ0) is 21.5. The lowest BCUT2D eigenvalue weighted by Crippen LogP contribution is -2.49. The van der Waals surface area contributed by atoms with Crippen molar-refractivity contribution in [3.05, 3.63) is 71.8 Å². The molecule has 2 aliphatic heterocycles. The van der Waals surface area contributed by atoms with Gasteiger partial charge in [-0.25, -0.2) is 0 Å². The number of ether oxygens (including phenoxy) is 1. The van der Waals surface area contributed by atoms with Crippen LogP contribution in [0.3, 0.4) is 0 Å². The van der Waals surface area contributed by atoms with E-state index < -0.39 is 0 Å². The van der Waals surface area contributed by atoms with Crippen molar-refractivity contribution >= 4 is 5.97 Å². The van der Waals surface area contributed by atoms with Gasteiger partial charge in [0.05, 0.1) is 12.0 Å². The van der Waals surface area contributed by atoms with Gasteiger partial charge in [0.2, 0.25) is 0 Å². The number of hydrogen-bond acceptors (Lipinski definition) is 4. The lowest BCUT2D eigenvalue weighted by molar-refractivity contribution is -0.159. The van der Waals surface area contributed by atoms with E-state index in [-0.39, 0.29) is 11.4 Å². The summed E-state index contributed by atoms with van der Waals surface area (Å²) in [5.74, 6) is 0.0164. The molecule has 4 rings (SSSR count). The normalized spacial score (nSPS) is 21.8. The maximum absolute atomic E-state index is 13.0. The fourth-order valence-electron chi connectivity index (χ4n) is 5.28. The molecule has 0 radical (unpaired) electrons. The predicted molar refractivity (Wildman–Crippen MR) is 125 cm³/mol. The minimum Gasteiger partial charge on any atom is -0.466 e. The summed E-state index contributed by atoms with van der Waals surface area (Å²) in [7, 11) is 0. The summed E-state index contributed by atoms with van der Waals surface area (Å²) in [6, 6.07) is 21.9. The van der Waals surface area contributed by atoms with Gasteiger partial charge in [0.1, 0.15) is 0 Å². The number of hydrogen-bond donors (Lipinski definition) is 0. The first kappa shape index (κ1) is 22.0. The third-order valence-corrected chi connectivity index (χ3v) is 7.21. The van der Waals surface area contributed by atoms with Gasteiger partial charge < -0.3 is 4.74 Å². The van der Waals surface area contributed by atoms with E-state index in [2.05, 4.69) is 64.4 Å². The Morgan fingerprint density at radius 2 is 1.61 bits per heavy atom. The van der Waals surface area contributed by atoms with E-state index in [1.165, 1.54) is 17.5 Å². The van der Waals surface area contributed by atoms with Gasteiger partial charge in [0.25, 0.3) is 0 Å². The van der Waals surface area contributed by atoms with Gasteiger partial charge in [-0.2, -0.15) is 0 Å². The van der Waals surface area contributed by atoms with Crippen LogP contribution in [0.4, 0.5) is 0 Å². The smallest absolute Gasteiger partial charge is 0.312 e. The van der Waals surface area contributed by atoms with Crippen molar-refractivity contribution in [1.82, 2.24) is 9.80 Å². The average Bonchev–Trinajstić information content (AvgIpc) is 3.28. The molecule has 2 aliphatic rings. The lowest BCUT2D eigenvalue weighted by Gasteiger charge is -2.42. The molecule has 31 heavy (non-hydrogen) atoms. The Balaban J connectivity index is 1.33. The molecule has 0 amide bonds. The third kappa shape index (κ3) is 5.55. The molecular formula is C27H36N2O2. The molecule has 2 heterocycles. The highest BCUT2D eigenvalue weighted by atomic mass is 16.5. The Hall–Kier alpha value is -2.17. The van der Waals surface area contributed by atoms with Gasteiger partial charge in [-0.15, -0.1) is 0 Å². The Morgan fingerprint density at radius 1 is 0.968 bits per heavy atom. The molecule has 166 valence electrons. The molecule has 1 atom stereocenters. The molecule has 0 aliphatic carbocycles. The number of nitrogens with zero attached hydrogens (tertiary/aromatic N) is 2. The van der Waals surface area contributed by atoms with Crippen molar-refractivity contribution in [1.29, 1.82) is 0 Å². The number of aryl methyl sites for hydroxylation is 1. The fraction of sp³-hybridized carbons (Fsp3) is 0.519. The van der Waals surface area contributed by atoms with Crippen LogP contribution < -0.4 is 0 Å². The second-order valence-corrected chi connectivity index (χ2v) is 9.19. The summed E-state index contributed by atoms with van der Waals surface area (Å²) in [5.41, 5.74) is 2.37. The SMILES string of the molecule is CCOC(=O)C1(CCc2ccccc2)CCN([C@@H]2CCN(Cc3ccccc3)C2)CC1. The van der Waals surface area contributed by atoms with E-state index >= 15 is 0 Å². The summed E-state index contributed by atoms with van der Waals surface area (Å²) < 4.78 is 5.55. The van der Waals surface area contributed by atoms with E-state index in [1.54, 1.807) is 0 Å². The highest BCUT2D eigenvalue weighted by Crippen LogP contribution is 2.39. The summed E-state index contributed by atoms with van der Waals surface area (Å²) in [5, 5.41) is 0. The quantitative estimate of drug-likeness (QED) is 0.587. The number of carbonyl (C=O) groups excluding carboxylic acids is 1. The standard InChI is InChI=1S/C27H36N2O2/c1-2-31-26(30)27(15-13-23-9-5-3-6-10-23)16-19-29(20-17-27)25-14-18-28(22-25)21-24-11-7-4-8-12-24/h3-12,25H,2,13-22H2,1H3/t25-/m1/s1. The minimum atomic E-state index is -0.329. The van der Waals surface area contributed by atoms with Crippen LogP contribution in [-0.4, -0.2) is 54.6 Å². The Labute approximate surface area is 187 Å². The van der Waals surface area contributed by atoms with Crippen molar-refractivity contribution in [2.45, 2.75) is 51.6 Å². The maximum Gasteiger partial charge on any atom is 0.312 e. The van der Waals surface area contributed by atoms with Crippen LogP contribution in [0.2, 0.25) is 0 Å². The third-order valence-electron chi connectivity index (χ3n) is 7.21. The average molecular weight is 421 g/mol. The zero-order valence-electron chi connectivity index (χ0n) is 18.8. The predicted octanol–water partition coefficient (Wildman–Crippen LogP) is 4.54. The molecule has 2 saturated heterocycles. The Morgan fingerprint density at radius 3 is 2.26 bits per heavy atom. The van der Waals surface area contributed by atoms with Crippen LogP contribution in [0.25, 0.3) is 0 Å². The number of carbonyl (C=O) groups is 1. The molecule has 0 spiro atoms. The van der Waals surface area contributed by atoms with E-state index in [4.69, 9.17) is 4.74 Å². The Bertz CT molecular complexity index is 816. The monoisotopic (exact) mass is 420 g/mol. The summed E-state index contributed by atoms with van der Waals surface area (Å²) in [4.78, 5) is 18.2. The molecule has 0 aromatic heterocycles.